The van der Waals surface area contributed by atoms with Gasteiger partial charge in [-0.1, -0.05) is 32.9 Å². The van der Waals surface area contributed by atoms with Crippen molar-refractivity contribution in [3.05, 3.63) is 65.9 Å². The molecule has 4 rings (SSSR count). The summed E-state index contributed by atoms with van der Waals surface area (Å²) in [6, 6.07) is 11.0. The van der Waals surface area contributed by atoms with Gasteiger partial charge in [-0.3, -0.25) is 4.90 Å². The molecule has 0 fully saturated rings. The molecule has 0 aromatic carbocycles. The van der Waals surface area contributed by atoms with E-state index in [9.17, 15) is 9.90 Å². The van der Waals surface area contributed by atoms with Crippen molar-refractivity contribution in [2.75, 3.05) is 43.4 Å². The van der Waals surface area contributed by atoms with E-state index in [-0.39, 0.29) is 5.41 Å². The number of ether oxygens (including phenoxy) is 1. The van der Waals surface area contributed by atoms with E-state index < -0.39 is 12.0 Å². The number of aromatic nitrogens is 4. The lowest BCUT2D eigenvalue weighted by Gasteiger charge is -2.25. The van der Waals surface area contributed by atoms with Gasteiger partial charge < -0.3 is 20.5 Å². The first-order chi connectivity index (χ1) is 19.8. The number of hydrogen-bond acceptors (Lipinski definition) is 9. The molecule has 220 valence electrons. The lowest BCUT2D eigenvalue weighted by atomic mass is 9.92. The van der Waals surface area contributed by atoms with Crippen LogP contribution in [0.1, 0.15) is 63.4 Å². The topological polar surface area (TPSA) is 125 Å². The van der Waals surface area contributed by atoms with Crippen LogP contribution in [0.4, 0.5) is 11.6 Å². The largest absolute Gasteiger partial charge is 0.480 e. The van der Waals surface area contributed by atoms with Gasteiger partial charge >= 0.3 is 5.97 Å². The maximum absolute atomic E-state index is 12.1. The molecule has 3 aromatic rings. The molecule has 4 heterocycles. The molecule has 0 bridgehead atoms. The van der Waals surface area contributed by atoms with E-state index in [2.05, 4.69) is 63.4 Å². The smallest absolute Gasteiger partial charge is 0.326 e. The van der Waals surface area contributed by atoms with Crippen molar-refractivity contribution in [3.63, 3.8) is 0 Å². The molecule has 0 radical (unpaired) electrons. The van der Waals surface area contributed by atoms with Crippen LogP contribution in [0.5, 0.6) is 5.88 Å². The SMILES string of the molecule is CC(C)(C)c1cc(NC(CCN(CCCCc2ccc3c(n2)NCCC3)CCOc2ccccn2)C(=O)O)ncn1. The highest BCUT2D eigenvalue weighted by atomic mass is 16.5. The highest BCUT2D eigenvalue weighted by Crippen LogP contribution is 2.22. The number of aliphatic carboxylic acids is 1. The van der Waals surface area contributed by atoms with Crippen LogP contribution in [0.25, 0.3) is 0 Å². The first-order valence-electron chi connectivity index (χ1n) is 14.6. The number of aryl methyl sites for hydroxylation is 2. The quantitative estimate of drug-likeness (QED) is 0.227. The Kier molecular flexibility index (Phi) is 10.8. The Bertz CT molecular complexity index is 1250. The molecule has 10 nitrogen and oxygen atoms in total. The maximum atomic E-state index is 12.1. The number of nitrogens with zero attached hydrogens (tertiary/aromatic N) is 5. The zero-order valence-electron chi connectivity index (χ0n) is 24.5. The zero-order valence-corrected chi connectivity index (χ0v) is 24.5. The molecule has 3 aromatic heterocycles. The van der Waals surface area contributed by atoms with Gasteiger partial charge in [-0.05, 0) is 62.8 Å². The zero-order chi connectivity index (χ0) is 29.1. The number of nitrogens with one attached hydrogen (secondary N) is 2. The van der Waals surface area contributed by atoms with Crippen LogP contribution in [0, 0.1) is 0 Å². The van der Waals surface area contributed by atoms with E-state index in [1.54, 1.807) is 6.20 Å². The number of carboxylic acid groups (broad SMARTS) is 1. The number of carbonyl (C=O) groups is 1. The second-order valence-corrected chi connectivity index (χ2v) is 11.5. The molecule has 10 heteroatoms. The molecule has 0 saturated carbocycles. The van der Waals surface area contributed by atoms with Crippen molar-refractivity contribution >= 4 is 17.6 Å². The fourth-order valence-electron chi connectivity index (χ4n) is 4.79. The van der Waals surface area contributed by atoms with Crippen LogP contribution in [-0.2, 0) is 23.1 Å². The van der Waals surface area contributed by atoms with Gasteiger partial charge in [0.1, 0.15) is 30.6 Å². The molecule has 0 amide bonds. The summed E-state index contributed by atoms with van der Waals surface area (Å²) in [5.74, 6) is 1.24. The summed E-state index contributed by atoms with van der Waals surface area (Å²) in [6.07, 6.45) is 8.75. The van der Waals surface area contributed by atoms with Crippen molar-refractivity contribution in [1.82, 2.24) is 24.8 Å². The Morgan fingerprint density at radius 3 is 2.78 bits per heavy atom. The monoisotopic (exact) mass is 561 g/mol. The number of rotatable bonds is 15. The van der Waals surface area contributed by atoms with Gasteiger partial charge in [-0.25, -0.2) is 24.7 Å². The highest BCUT2D eigenvalue weighted by molar-refractivity contribution is 5.76. The van der Waals surface area contributed by atoms with Crippen molar-refractivity contribution < 1.29 is 14.6 Å². The Hall–Kier alpha value is -3.79. The number of carboxylic acids is 1. The third-order valence-corrected chi connectivity index (χ3v) is 7.19. The minimum absolute atomic E-state index is 0.159. The van der Waals surface area contributed by atoms with Gasteiger partial charge in [-0.2, -0.15) is 0 Å². The average molecular weight is 562 g/mol. The summed E-state index contributed by atoms with van der Waals surface area (Å²) in [5, 5.41) is 16.5. The number of unbranched alkanes of at least 4 members (excludes halogenated alkanes) is 1. The Labute approximate surface area is 243 Å². The summed E-state index contributed by atoms with van der Waals surface area (Å²) >= 11 is 0. The van der Waals surface area contributed by atoms with E-state index in [0.717, 1.165) is 62.4 Å². The van der Waals surface area contributed by atoms with E-state index >= 15 is 0 Å². The van der Waals surface area contributed by atoms with Crippen molar-refractivity contribution in [1.29, 1.82) is 0 Å². The summed E-state index contributed by atoms with van der Waals surface area (Å²) in [5.41, 5.74) is 3.11. The lowest BCUT2D eigenvalue weighted by molar-refractivity contribution is -0.138. The number of pyridine rings is 2. The van der Waals surface area contributed by atoms with E-state index in [0.29, 0.717) is 37.8 Å². The van der Waals surface area contributed by atoms with Crippen LogP contribution in [0.3, 0.4) is 0 Å². The van der Waals surface area contributed by atoms with Crippen molar-refractivity contribution in [2.24, 2.45) is 0 Å². The molecule has 1 aliphatic heterocycles. The molecular weight excluding hydrogens is 518 g/mol. The van der Waals surface area contributed by atoms with E-state index in [1.807, 2.05) is 24.3 Å². The van der Waals surface area contributed by atoms with Crippen LogP contribution >= 0.6 is 0 Å². The second-order valence-electron chi connectivity index (χ2n) is 11.5. The molecule has 1 atom stereocenters. The molecule has 0 aliphatic carbocycles. The minimum atomic E-state index is -0.905. The van der Waals surface area contributed by atoms with Crippen LogP contribution < -0.4 is 15.4 Å². The first kappa shape index (κ1) is 30.2. The van der Waals surface area contributed by atoms with Gasteiger partial charge in [0.25, 0.3) is 0 Å². The molecular formula is C31H43N7O3. The Balaban J connectivity index is 1.32. The molecule has 1 aliphatic rings. The van der Waals surface area contributed by atoms with Gasteiger partial charge in [-0.15, -0.1) is 0 Å². The minimum Gasteiger partial charge on any atom is -0.480 e. The van der Waals surface area contributed by atoms with Gasteiger partial charge in [0.05, 0.1) is 5.69 Å². The third-order valence-electron chi connectivity index (χ3n) is 7.19. The molecule has 1 unspecified atom stereocenters. The van der Waals surface area contributed by atoms with E-state index in [4.69, 9.17) is 9.72 Å². The first-order valence-corrected chi connectivity index (χ1v) is 14.6. The highest BCUT2D eigenvalue weighted by Gasteiger charge is 2.21. The maximum Gasteiger partial charge on any atom is 0.326 e. The predicted molar refractivity (Wildman–Crippen MR) is 161 cm³/mol. The van der Waals surface area contributed by atoms with Gasteiger partial charge in [0.2, 0.25) is 5.88 Å². The molecule has 0 saturated heterocycles. The molecule has 0 spiro atoms. The Morgan fingerprint density at radius 1 is 1.12 bits per heavy atom. The predicted octanol–water partition coefficient (Wildman–Crippen LogP) is 4.58. The molecule has 41 heavy (non-hydrogen) atoms. The standard InChI is InChI=1S/C31H43N7O3/c1-31(2,3)26-21-27(35-22-34-26)37-25(30(39)40)14-18-38(19-20-41-28-11-4-6-15-32-28)17-7-5-10-24-13-12-23-9-8-16-33-29(23)36-24/h4,6,11-13,15,21-22,25H,5,7-10,14,16-20H2,1-3H3,(H,33,36)(H,39,40)(H,34,35,37). The fraction of sp³-hybridized carbons (Fsp3) is 0.516. The number of hydrogen-bond donors (Lipinski definition) is 3. The van der Waals surface area contributed by atoms with Crippen molar-refractivity contribution in [3.8, 4) is 5.88 Å². The van der Waals surface area contributed by atoms with E-state index in [1.165, 1.54) is 11.9 Å². The second kappa shape index (κ2) is 14.7. The average Bonchev–Trinajstić information content (AvgIpc) is 2.97. The third kappa shape index (κ3) is 9.67. The summed E-state index contributed by atoms with van der Waals surface area (Å²) in [6.45, 7) is 9.77. The normalized spacial score (nSPS) is 13.8. The Morgan fingerprint density at radius 2 is 2.00 bits per heavy atom. The number of fused-ring (bicyclic) bond motifs is 1. The fourth-order valence-corrected chi connectivity index (χ4v) is 4.79. The van der Waals surface area contributed by atoms with Crippen LogP contribution in [0.15, 0.2) is 48.9 Å². The van der Waals surface area contributed by atoms with Gasteiger partial charge in [0.15, 0.2) is 0 Å². The summed E-state index contributed by atoms with van der Waals surface area (Å²) in [7, 11) is 0. The van der Waals surface area contributed by atoms with Crippen molar-refractivity contribution in [2.45, 2.75) is 70.8 Å². The van der Waals surface area contributed by atoms with Gasteiger partial charge in [0, 0.05) is 49.1 Å². The summed E-state index contributed by atoms with van der Waals surface area (Å²) < 4.78 is 5.84. The number of anilines is 2. The lowest BCUT2D eigenvalue weighted by Crippen LogP contribution is -2.37. The van der Waals surface area contributed by atoms with Crippen LogP contribution in [-0.4, -0.2) is 74.7 Å². The van der Waals surface area contributed by atoms with Crippen LogP contribution in [0.2, 0.25) is 0 Å². The summed E-state index contributed by atoms with van der Waals surface area (Å²) in [4.78, 5) is 32.1. The molecule has 3 N–H and O–H groups in total.